The number of rotatable bonds is 7. The molecule has 1 unspecified atom stereocenters. The molecule has 33 heavy (non-hydrogen) atoms. The molecule has 4 heterocycles. The van der Waals surface area contributed by atoms with Crippen molar-refractivity contribution >= 4 is 32.9 Å². The van der Waals surface area contributed by atoms with Crippen LogP contribution in [0.3, 0.4) is 0 Å². The first-order valence-corrected chi connectivity index (χ1v) is 11.6. The summed E-state index contributed by atoms with van der Waals surface area (Å²) in [5, 5.41) is 10.5. The van der Waals surface area contributed by atoms with Crippen LogP contribution in [-0.4, -0.2) is 80.4 Å². The van der Waals surface area contributed by atoms with Crippen LogP contribution in [0.5, 0.6) is 5.75 Å². The first kappa shape index (κ1) is 21.7. The first-order valence-electron chi connectivity index (χ1n) is 10.8. The lowest BCUT2D eigenvalue weighted by molar-refractivity contribution is 0.0662. The van der Waals surface area contributed by atoms with Crippen molar-refractivity contribution in [3.05, 3.63) is 59.6 Å². The highest BCUT2D eigenvalue weighted by Crippen LogP contribution is 2.23. The van der Waals surface area contributed by atoms with E-state index in [2.05, 4.69) is 50.6 Å². The van der Waals surface area contributed by atoms with Gasteiger partial charge < -0.3 is 19.7 Å². The van der Waals surface area contributed by atoms with E-state index in [0.717, 1.165) is 59.0 Å². The van der Waals surface area contributed by atoms with Crippen molar-refractivity contribution in [1.82, 2.24) is 29.8 Å². The van der Waals surface area contributed by atoms with Crippen molar-refractivity contribution in [2.75, 3.05) is 44.2 Å². The van der Waals surface area contributed by atoms with Crippen LogP contribution in [0, 0.1) is 0 Å². The maximum atomic E-state index is 10.5. The minimum absolute atomic E-state index is 0.242. The standard InChI is InChI=1S/C23H24BrN7O2/c24-17-11-20-23(27-12-17)29-22(28-20)16-1-3-19(4-2-16)33-15-18(32)14-30-7-9-31(10-8-30)21-13-25-5-6-26-21/h1-6,11-13,18,32H,7-10,14-15H2,(H,27,28,29). The second kappa shape index (κ2) is 9.82. The van der Waals surface area contributed by atoms with Gasteiger partial charge >= 0.3 is 0 Å². The summed E-state index contributed by atoms with van der Waals surface area (Å²) in [5.74, 6) is 2.36. The van der Waals surface area contributed by atoms with Gasteiger partial charge in [-0.3, -0.25) is 9.88 Å². The Bertz CT molecular complexity index is 1190. The van der Waals surface area contributed by atoms with E-state index in [1.165, 1.54) is 0 Å². The number of pyridine rings is 1. The van der Waals surface area contributed by atoms with Crippen LogP contribution < -0.4 is 9.64 Å². The molecule has 0 aliphatic carbocycles. The van der Waals surface area contributed by atoms with Crippen LogP contribution in [0.15, 0.2) is 59.6 Å². The van der Waals surface area contributed by atoms with Gasteiger partial charge in [-0.05, 0) is 46.3 Å². The van der Waals surface area contributed by atoms with Crippen LogP contribution in [0.2, 0.25) is 0 Å². The van der Waals surface area contributed by atoms with Gasteiger partial charge in [0.25, 0.3) is 0 Å². The lowest BCUT2D eigenvalue weighted by Gasteiger charge is -2.36. The average Bonchev–Trinajstić information content (AvgIpc) is 3.27. The Labute approximate surface area is 199 Å². The van der Waals surface area contributed by atoms with Gasteiger partial charge in [0.2, 0.25) is 0 Å². The van der Waals surface area contributed by atoms with Gasteiger partial charge in [0, 0.05) is 61.4 Å². The molecule has 4 aromatic rings. The maximum Gasteiger partial charge on any atom is 0.157 e. The molecule has 1 aromatic carbocycles. The molecule has 9 nitrogen and oxygen atoms in total. The minimum Gasteiger partial charge on any atom is -0.491 e. The van der Waals surface area contributed by atoms with Crippen LogP contribution in [0.25, 0.3) is 22.6 Å². The average molecular weight is 510 g/mol. The number of aromatic nitrogens is 5. The monoisotopic (exact) mass is 509 g/mol. The molecule has 2 N–H and O–H groups in total. The van der Waals surface area contributed by atoms with Gasteiger partial charge in [0.05, 0.1) is 6.20 Å². The molecular weight excluding hydrogens is 486 g/mol. The fourth-order valence-electron chi connectivity index (χ4n) is 3.87. The number of nitrogens with one attached hydrogen (secondary N) is 1. The van der Waals surface area contributed by atoms with Crippen LogP contribution >= 0.6 is 15.9 Å². The van der Waals surface area contributed by atoms with Crippen LogP contribution in [-0.2, 0) is 0 Å². The molecule has 0 bridgehead atoms. The Morgan fingerprint density at radius 2 is 1.88 bits per heavy atom. The third kappa shape index (κ3) is 5.29. The predicted octanol–water partition coefficient (Wildman–Crippen LogP) is 2.74. The number of anilines is 1. The van der Waals surface area contributed by atoms with Crippen LogP contribution in [0.4, 0.5) is 5.82 Å². The van der Waals surface area contributed by atoms with E-state index >= 15 is 0 Å². The van der Waals surface area contributed by atoms with Gasteiger partial charge in [-0.2, -0.15) is 0 Å². The topological polar surface area (TPSA) is 103 Å². The zero-order valence-electron chi connectivity index (χ0n) is 17.9. The molecule has 0 spiro atoms. The Morgan fingerprint density at radius 3 is 2.64 bits per heavy atom. The smallest absolute Gasteiger partial charge is 0.157 e. The van der Waals surface area contributed by atoms with Gasteiger partial charge in [0.1, 0.15) is 35.6 Å². The maximum absolute atomic E-state index is 10.5. The van der Waals surface area contributed by atoms with Gasteiger partial charge in [0.15, 0.2) is 5.65 Å². The fraction of sp³-hybridized carbons (Fsp3) is 0.304. The summed E-state index contributed by atoms with van der Waals surface area (Å²) in [5.41, 5.74) is 2.49. The summed E-state index contributed by atoms with van der Waals surface area (Å²) in [6.45, 7) is 4.28. The lowest BCUT2D eigenvalue weighted by Crippen LogP contribution is -2.49. The second-order valence-electron chi connectivity index (χ2n) is 7.95. The van der Waals surface area contributed by atoms with Gasteiger partial charge in [-0.25, -0.2) is 15.0 Å². The molecule has 0 amide bonds. The predicted molar refractivity (Wildman–Crippen MR) is 129 cm³/mol. The fourth-order valence-corrected chi connectivity index (χ4v) is 4.19. The summed E-state index contributed by atoms with van der Waals surface area (Å²) in [7, 11) is 0. The number of halogens is 1. The summed E-state index contributed by atoms with van der Waals surface area (Å²) < 4.78 is 6.70. The third-order valence-electron chi connectivity index (χ3n) is 5.59. The van der Waals surface area contributed by atoms with E-state index in [1.54, 1.807) is 24.8 Å². The molecule has 3 aromatic heterocycles. The number of aliphatic hydroxyl groups is 1. The third-order valence-corrected chi connectivity index (χ3v) is 6.02. The Hall–Kier alpha value is -3.08. The molecule has 5 rings (SSSR count). The molecule has 1 saturated heterocycles. The highest BCUT2D eigenvalue weighted by Gasteiger charge is 2.20. The second-order valence-corrected chi connectivity index (χ2v) is 8.86. The minimum atomic E-state index is -0.562. The summed E-state index contributed by atoms with van der Waals surface area (Å²) in [6.07, 6.45) is 6.35. The number of hydrogen-bond acceptors (Lipinski definition) is 8. The van der Waals surface area contributed by atoms with Crippen LogP contribution in [0.1, 0.15) is 0 Å². The molecule has 1 aliphatic rings. The van der Waals surface area contributed by atoms with Crippen molar-refractivity contribution in [3.8, 4) is 17.1 Å². The summed E-state index contributed by atoms with van der Waals surface area (Å²) >= 11 is 3.42. The van der Waals surface area contributed by atoms with Crippen molar-refractivity contribution < 1.29 is 9.84 Å². The lowest BCUT2D eigenvalue weighted by atomic mass is 10.2. The number of imidazole rings is 1. The van der Waals surface area contributed by atoms with E-state index in [1.807, 2.05) is 30.3 Å². The molecule has 1 aliphatic heterocycles. The zero-order chi connectivity index (χ0) is 22.6. The van der Waals surface area contributed by atoms with Crippen molar-refractivity contribution in [2.24, 2.45) is 0 Å². The van der Waals surface area contributed by atoms with E-state index in [0.29, 0.717) is 12.3 Å². The number of fused-ring (bicyclic) bond motifs is 1. The number of hydrogen-bond donors (Lipinski definition) is 2. The molecule has 0 saturated carbocycles. The molecule has 1 atom stereocenters. The quantitative estimate of drug-likeness (QED) is 0.392. The number of H-pyrrole nitrogens is 1. The molecule has 170 valence electrons. The van der Waals surface area contributed by atoms with E-state index in [9.17, 15) is 5.11 Å². The van der Waals surface area contributed by atoms with Gasteiger partial charge in [-0.1, -0.05) is 0 Å². The number of β-amino-alcohol motifs (C(OH)–C–C–N with tert-alkyl or cyclic N) is 1. The van der Waals surface area contributed by atoms with E-state index in [4.69, 9.17) is 4.74 Å². The highest BCUT2D eigenvalue weighted by atomic mass is 79.9. The largest absolute Gasteiger partial charge is 0.491 e. The Morgan fingerprint density at radius 1 is 1.06 bits per heavy atom. The number of nitrogens with zero attached hydrogens (tertiary/aromatic N) is 6. The number of aliphatic hydroxyl groups excluding tert-OH is 1. The number of benzene rings is 1. The first-order chi connectivity index (χ1) is 16.1. The van der Waals surface area contributed by atoms with Gasteiger partial charge in [-0.15, -0.1) is 0 Å². The van der Waals surface area contributed by atoms with Crippen molar-refractivity contribution in [3.63, 3.8) is 0 Å². The van der Waals surface area contributed by atoms with E-state index < -0.39 is 6.10 Å². The summed E-state index contributed by atoms with van der Waals surface area (Å²) in [6, 6.07) is 9.59. The van der Waals surface area contributed by atoms with Crippen molar-refractivity contribution in [2.45, 2.75) is 6.10 Å². The Balaban J connectivity index is 1.10. The number of aromatic amines is 1. The molecular formula is C23H24BrN7O2. The zero-order valence-corrected chi connectivity index (χ0v) is 19.5. The number of ether oxygens (including phenoxy) is 1. The number of piperazine rings is 1. The molecule has 1 fully saturated rings. The highest BCUT2D eigenvalue weighted by molar-refractivity contribution is 9.10. The van der Waals surface area contributed by atoms with E-state index in [-0.39, 0.29) is 6.61 Å². The summed E-state index contributed by atoms with van der Waals surface area (Å²) in [4.78, 5) is 25.1. The molecule has 0 radical (unpaired) electrons. The molecule has 10 heteroatoms. The normalized spacial score (nSPS) is 15.6. The Kier molecular flexibility index (Phi) is 6.47. The SMILES string of the molecule is OC(COc1ccc(-c2nc3cc(Br)cnc3[nH]2)cc1)CN1CCN(c2cnccn2)CC1. The van der Waals surface area contributed by atoms with Crippen molar-refractivity contribution in [1.29, 1.82) is 0 Å².